The van der Waals surface area contributed by atoms with Crippen LogP contribution in [0.2, 0.25) is 0 Å². The minimum Gasteiger partial charge on any atom is -0.395 e. The molecule has 0 aliphatic heterocycles. The van der Waals surface area contributed by atoms with Crippen molar-refractivity contribution < 1.29 is 5.11 Å². The number of hydrogen-bond acceptors (Lipinski definition) is 2. The third kappa shape index (κ3) is 4.97. The maximum Gasteiger partial charge on any atom is 0.0558 e. The van der Waals surface area contributed by atoms with Crippen LogP contribution in [0.3, 0.4) is 0 Å². The molecule has 1 unspecified atom stereocenters. The highest BCUT2D eigenvalue weighted by molar-refractivity contribution is 4.77. The van der Waals surface area contributed by atoms with Gasteiger partial charge in [0.15, 0.2) is 0 Å². The van der Waals surface area contributed by atoms with Crippen LogP contribution in [0.1, 0.15) is 39.5 Å². The molecule has 1 fully saturated rings. The van der Waals surface area contributed by atoms with Crippen LogP contribution in [0.25, 0.3) is 0 Å². The number of rotatable bonds is 8. The maximum atomic E-state index is 8.97. The monoisotopic (exact) mass is 199 g/mol. The Kier molecular flexibility index (Phi) is 5.49. The van der Waals surface area contributed by atoms with Crippen molar-refractivity contribution in [2.24, 2.45) is 11.8 Å². The smallest absolute Gasteiger partial charge is 0.0558 e. The molecule has 1 atom stereocenters. The predicted octanol–water partition coefficient (Wildman–Crippen LogP) is 2.13. The molecule has 14 heavy (non-hydrogen) atoms. The molecule has 0 aromatic heterocycles. The first-order valence-corrected chi connectivity index (χ1v) is 6.09. The molecular formula is C12H25NO. The average molecular weight is 199 g/mol. The number of hydrogen-bond donors (Lipinski definition) is 1. The molecule has 2 nitrogen and oxygen atoms in total. The van der Waals surface area contributed by atoms with Crippen molar-refractivity contribution in [3.8, 4) is 0 Å². The molecule has 1 aliphatic rings. The van der Waals surface area contributed by atoms with Gasteiger partial charge in [0.05, 0.1) is 6.61 Å². The van der Waals surface area contributed by atoms with E-state index >= 15 is 0 Å². The Hall–Kier alpha value is -0.0800. The zero-order chi connectivity index (χ0) is 10.4. The van der Waals surface area contributed by atoms with E-state index in [2.05, 4.69) is 18.7 Å². The van der Waals surface area contributed by atoms with Crippen LogP contribution in [0.15, 0.2) is 0 Å². The largest absolute Gasteiger partial charge is 0.395 e. The van der Waals surface area contributed by atoms with E-state index in [0.29, 0.717) is 6.61 Å². The molecule has 0 spiro atoms. The lowest BCUT2D eigenvalue weighted by Gasteiger charge is -2.24. The molecular weight excluding hydrogens is 174 g/mol. The zero-order valence-corrected chi connectivity index (χ0v) is 9.71. The quantitative estimate of drug-likeness (QED) is 0.647. The number of aliphatic hydroxyl groups excluding tert-OH is 1. The van der Waals surface area contributed by atoms with Gasteiger partial charge in [0.2, 0.25) is 0 Å². The summed E-state index contributed by atoms with van der Waals surface area (Å²) in [5.41, 5.74) is 0. The van der Waals surface area contributed by atoms with E-state index in [1.165, 1.54) is 38.8 Å². The van der Waals surface area contributed by atoms with Crippen molar-refractivity contribution in [3.63, 3.8) is 0 Å². The Labute approximate surface area is 88.3 Å². The third-order valence-corrected chi connectivity index (χ3v) is 2.98. The summed E-state index contributed by atoms with van der Waals surface area (Å²) in [6, 6.07) is 0. The molecule has 1 rings (SSSR count). The topological polar surface area (TPSA) is 23.5 Å². The van der Waals surface area contributed by atoms with Gasteiger partial charge < -0.3 is 10.0 Å². The van der Waals surface area contributed by atoms with Gasteiger partial charge >= 0.3 is 0 Å². The van der Waals surface area contributed by atoms with Crippen LogP contribution >= 0.6 is 0 Å². The van der Waals surface area contributed by atoms with Gasteiger partial charge in [-0.1, -0.05) is 20.3 Å². The van der Waals surface area contributed by atoms with E-state index < -0.39 is 0 Å². The Morgan fingerprint density at radius 3 is 2.64 bits per heavy atom. The fourth-order valence-corrected chi connectivity index (χ4v) is 2.09. The molecule has 0 aromatic rings. The average Bonchev–Trinajstić information content (AvgIpc) is 2.89. The highest BCUT2D eigenvalue weighted by Gasteiger charge is 2.24. The van der Waals surface area contributed by atoms with Crippen molar-refractivity contribution in [1.29, 1.82) is 0 Å². The molecule has 84 valence electrons. The summed E-state index contributed by atoms with van der Waals surface area (Å²) < 4.78 is 0. The fourth-order valence-electron chi connectivity index (χ4n) is 2.09. The Morgan fingerprint density at radius 2 is 2.14 bits per heavy atom. The van der Waals surface area contributed by atoms with Crippen LogP contribution in [-0.4, -0.2) is 36.2 Å². The summed E-state index contributed by atoms with van der Waals surface area (Å²) in [5.74, 6) is 1.72. The van der Waals surface area contributed by atoms with Gasteiger partial charge in [-0.2, -0.15) is 0 Å². The van der Waals surface area contributed by atoms with Gasteiger partial charge in [-0.25, -0.2) is 0 Å². The summed E-state index contributed by atoms with van der Waals surface area (Å²) in [5, 5.41) is 8.97. The molecule has 0 bridgehead atoms. The van der Waals surface area contributed by atoms with Crippen LogP contribution < -0.4 is 0 Å². The number of nitrogens with zero attached hydrogens (tertiary/aromatic N) is 1. The van der Waals surface area contributed by atoms with E-state index in [-0.39, 0.29) is 0 Å². The second-order valence-corrected chi connectivity index (χ2v) is 4.82. The van der Waals surface area contributed by atoms with E-state index in [0.717, 1.165) is 18.4 Å². The summed E-state index contributed by atoms with van der Waals surface area (Å²) in [7, 11) is 0. The molecule has 0 heterocycles. The third-order valence-electron chi connectivity index (χ3n) is 2.98. The lowest BCUT2D eigenvalue weighted by molar-refractivity contribution is 0.170. The van der Waals surface area contributed by atoms with Crippen molar-refractivity contribution >= 4 is 0 Å². The highest BCUT2D eigenvalue weighted by atomic mass is 16.3. The van der Waals surface area contributed by atoms with Crippen LogP contribution in [0, 0.1) is 11.8 Å². The molecule has 1 N–H and O–H groups in total. The first kappa shape index (κ1) is 12.0. The molecule has 2 heteroatoms. The van der Waals surface area contributed by atoms with E-state index in [1.807, 2.05) is 0 Å². The van der Waals surface area contributed by atoms with E-state index in [1.54, 1.807) is 0 Å². The van der Waals surface area contributed by atoms with Gasteiger partial charge in [0.1, 0.15) is 0 Å². The zero-order valence-electron chi connectivity index (χ0n) is 9.71. The highest BCUT2D eigenvalue weighted by Crippen LogP contribution is 2.29. The summed E-state index contributed by atoms with van der Waals surface area (Å²) >= 11 is 0. The SMILES string of the molecule is CCCC(C)CN(CCO)CC1CC1. The minimum atomic E-state index is 0.311. The minimum absolute atomic E-state index is 0.311. The van der Waals surface area contributed by atoms with Crippen LogP contribution in [-0.2, 0) is 0 Å². The van der Waals surface area contributed by atoms with Crippen LogP contribution in [0.4, 0.5) is 0 Å². The van der Waals surface area contributed by atoms with Crippen molar-refractivity contribution in [1.82, 2.24) is 4.90 Å². The Balaban J connectivity index is 2.18. The predicted molar refractivity (Wildman–Crippen MR) is 60.3 cm³/mol. The second-order valence-electron chi connectivity index (χ2n) is 4.82. The fraction of sp³-hybridized carbons (Fsp3) is 1.00. The lowest BCUT2D eigenvalue weighted by Crippen LogP contribution is -2.33. The van der Waals surface area contributed by atoms with Gasteiger partial charge in [0, 0.05) is 19.6 Å². The van der Waals surface area contributed by atoms with Gasteiger partial charge in [-0.3, -0.25) is 0 Å². The first-order valence-electron chi connectivity index (χ1n) is 6.09. The molecule has 0 radical (unpaired) electrons. The Morgan fingerprint density at radius 1 is 1.43 bits per heavy atom. The molecule has 0 aromatic carbocycles. The number of aliphatic hydroxyl groups is 1. The van der Waals surface area contributed by atoms with Crippen LogP contribution in [0.5, 0.6) is 0 Å². The van der Waals surface area contributed by atoms with Gasteiger partial charge in [0.25, 0.3) is 0 Å². The van der Waals surface area contributed by atoms with Crippen molar-refractivity contribution in [2.75, 3.05) is 26.2 Å². The van der Waals surface area contributed by atoms with E-state index in [9.17, 15) is 0 Å². The molecule has 1 saturated carbocycles. The lowest BCUT2D eigenvalue weighted by atomic mass is 10.1. The van der Waals surface area contributed by atoms with Crippen molar-refractivity contribution in [3.05, 3.63) is 0 Å². The Bertz CT molecular complexity index is 145. The summed E-state index contributed by atoms with van der Waals surface area (Å²) in [4.78, 5) is 2.44. The standard InChI is InChI=1S/C12H25NO/c1-3-4-11(2)9-13(7-8-14)10-12-5-6-12/h11-12,14H,3-10H2,1-2H3. The van der Waals surface area contributed by atoms with Gasteiger partial charge in [-0.15, -0.1) is 0 Å². The summed E-state index contributed by atoms with van der Waals surface area (Å²) in [6.45, 7) is 8.13. The first-order chi connectivity index (χ1) is 6.76. The molecule has 0 amide bonds. The normalized spacial score (nSPS) is 18.9. The van der Waals surface area contributed by atoms with E-state index in [4.69, 9.17) is 5.11 Å². The molecule has 1 aliphatic carbocycles. The van der Waals surface area contributed by atoms with Crippen molar-refractivity contribution in [2.45, 2.75) is 39.5 Å². The summed E-state index contributed by atoms with van der Waals surface area (Å²) in [6.07, 6.45) is 5.40. The van der Waals surface area contributed by atoms with Gasteiger partial charge in [-0.05, 0) is 31.1 Å². The maximum absolute atomic E-state index is 8.97. The second kappa shape index (κ2) is 6.41. The molecule has 0 saturated heterocycles.